The predicted octanol–water partition coefficient (Wildman–Crippen LogP) is 4.51. The molecule has 0 aliphatic rings. The first kappa shape index (κ1) is 23.4. The number of azo groups is 1. The van der Waals surface area contributed by atoms with E-state index in [1.54, 1.807) is 12.1 Å². The zero-order valence-electron chi connectivity index (χ0n) is 17.2. The quantitative estimate of drug-likeness (QED) is 0.241. The number of hydrogen-bond acceptors (Lipinski definition) is 7. The van der Waals surface area contributed by atoms with Gasteiger partial charge in [-0.15, -0.1) is 10.2 Å². The molecule has 2 rings (SSSR count). The third-order valence-electron chi connectivity index (χ3n) is 3.99. The van der Waals surface area contributed by atoms with Crippen LogP contribution in [0, 0.1) is 0 Å². The first-order chi connectivity index (χ1) is 14.2. The van der Waals surface area contributed by atoms with Gasteiger partial charge in [0.05, 0.1) is 11.9 Å². The van der Waals surface area contributed by atoms with Crippen molar-refractivity contribution in [3.63, 3.8) is 0 Å². The first-order valence-electron chi connectivity index (χ1n) is 9.26. The molecule has 30 heavy (non-hydrogen) atoms. The van der Waals surface area contributed by atoms with E-state index in [4.69, 9.17) is 5.73 Å². The third-order valence-corrected chi connectivity index (χ3v) is 5.16. The molecule has 2 aromatic rings. The van der Waals surface area contributed by atoms with Gasteiger partial charge in [0, 0.05) is 36.3 Å². The van der Waals surface area contributed by atoms with Gasteiger partial charge < -0.3 is 10.6 Å². The molecule has 0 saturated heterocycles. The number of hydrogen-bond donors (Lipinski definition) is 2. The highest BCUT2D eigenvalue weighted by atomic mass is 32.2. The molecular formula is C20H26N6O2S2. The van der Waals surface area contributed by atoms with Crippen LogP contribution in [-0.4, -0.2) is 33.6 Å². The summed E-state index contributed by atoms with van der Waals surface area (Å²) >= 11 is 0.994. The van der Waals surface area contributed by atoms with Crippen molar-refractivity contribution in [3.05, 3.63) is 65.7 Å². The number of sulfonamides is 1. The minimum atomic E-state index is -3.48. The zero-order valence-corrected chi connectivity index (χ0v) is 18.9. The van der Waals surface area contributed by atoms with Crippen LogP contribution < -0.4 is 15.4 Å². The van der Waals surface area contributed by atoms with Gasteiger partial charge in [-0.1, -0.05) is 36.9 Å². The number of nitrogens with one attached hydrogen (secondary N) is 1. The molecule has 2 aromatic carbocycles. The molecule has 0 aliphatic heterocycles. The lowest BCUT2D eigenvalue weighted by Gasteiger charge is -2.22. The molecule has 0 aromatic heterocycles. The standard InChI is InChI=1S/C20H26N6O2S2/c1-5-26(6-2)17-12-13-18(19(14-17)25-30(4,27)28)23-22-15(3)29-24-20(21)16-10-8-7-9-11-16/h7-14,25H,3,5-6H2,1-2,4H3,(H2,21,24). The SMILES string of the molecule is C=C(N=Nc1ccc(N(CC)CC)cc1NS(C)(=O)=O)SN=C(N)c1ccccc1. The Labute approximate surface area is 182 Å². The number of rotatable bonds is 10. The molecule has 3 N–H and O–H groups in total. The second-order valence-corrected chi connectivity index (χ2v) is 8.86. The topological polar surface area (TPSA) is 113 Å². The van der Waals surface area contributed by atoms with Crippen LogP contribution in [0.1, 0.15) is 19.4 Å². The van der Waals surface area contributed by atoms with E-state index in [-0.39, 0.29) is 0 Å². The normalized spacial score (nSPS) is 12.2. The molecular weight excluding hydrogens is 420 g/mol. The highest BCUT2D eigenvalue weighted by molar-refractivity contribution is 8.01. The van der Waals surface area contributed by atoms with Gasteiger partial charge in [-0.25, -0.2) is 8.42 Å². The van der Waals surface area contributed by atoms with Gasteiger partial charge in [0.2, 0.25) is 10.0 Å². The predicted molar refractivity (Wildman–Crippen MR) is 127 cm³/mol. The Kier molecular flexibility index (Phi) is 8.43. The fourth-order valence-corrected chi connectivity index (χ4v) is 3.52. The van der Waals surface area contributed by atoms with Crippen LogP contribution in [0.25, 0.3) is 0 Å². The summed E-state index contributed by atoms with van der Waals surface area (Å²) in [6, 6.07) is 14.7. The molecule has 0 aliphatic carbocycles. The van der Waals surface area contributed by atoms with E-state index < -0.39 is 10.0 Å². The smallest absolute Gasteiger partial charge is 0.229 e. The Morgan fingerprint density at radius 1 is 1.17 bits per heavy atom. The minimum absolute atomic E-state index is 0.312. The van der Waals surface area contributed by atoms with Gasteiger partial charge in [0.25, 0.3) is 0 Å². The number of anilines is 2. The van der Waals surface area contributed by atoms with Crippen molar-refractivity contribution in [2.75, 3.05) is 29.0 Å². The summed E-state index contributed by atoms with van der Waals surface area (Å²) in [4.78, 5) is 2.10. The molecule has 0 saturated carbocycles. The van der Waals surface area contributed by atoms with E-state index in [1.807, 2.05) is 50.2 Å². The minimum Gasteiger partial charge on any atom is -0.383 e. The monoisotopic (exact) mass is 446 g/mol. The lowest BCUT2D eigenvalue weighted by Crippen LogP contribution is -2.22. The second kappa shape index (κ2) is 10.8. The molecule has 0 atom stereocenters. The van der Waals surface area contributed by atoms with Crippen LogP contribution in [0.15, 0.2) is 74.8 Å². The van der Waals surface area contributed by atoms with E-state index in [0.717, 1.165) is 42.5 Å². The Morgan fingerprint density at radius 2 is 1.83 bits per heavy atom. The summed E-state index contributed by atoms with van der Waals surface area (Å²) in [5.41, 5.74) is 8.35. The van der Waals surface area contributed by atoms with Crippen LogP contribution in [0.2, 0.25) is 0 Å². The highest BCUT2D eigenvalue weighted by Crippen LogP contribution is 2.32. The number of benzene rings is 2. The van der Waals surface area contributed by atoms with Gasteiger partial charge in [-0.05, 0) is 32.0 Å². The Hall–Kier alpha value is -2.85. The van der Waals surface area contributed by atoms with E-state index in [0.29, 0.717) is 22.2 Å². The van der Waals surface area contributed by atoms with Crippen molar-refractivity contribution < 1.29 is 8.42 Å². The fourth-order valence-electron chi connectivity index (χ4n) is 2.57. The van der Waals surface area contributed by atoms with Crippen LogP contribution >= 0.6 is 11.9 Å². The maximum absolute atomic E-state index is 11.8. The largest absolute Gasteiger partial charge is 0.383 e. The Bertz CT molecular complexity index is 1030. The molecule has 160 valence electrons. The summed E-state index contributed by atoms with van der Waals surface area (Å²) in [6.07, 6.45) is 1.09. The fraction of sp³-hybridized carbons (Fsp3) is 0.250. The number of nitrogens with zero attached hydrogens (tertiary/aromatic N) is 4. The molecule has 0 amide bonds. The summed E-state index contributed by atoms with van der Waals surface area (Å²) in [7, 11) is -3.48. The van der Waals surface area contributed by atoms with Crippen molar-refractivity contribution in [1.29, 1.82) is 0 Å². The second-order valence-electron chi connectivity index (χ2n) is 6.28. The van der Waals surface area contributed by atoms with E-state index in [2.05, 4.69) is 30.8 Å². The summed E-state index contributed by atoms with van der Waals surface area (Å²) < 4.78 is 30.2. The average molecular weight is 447 g/mol. The van der Waals surface area contributed by atoms with Gasteiger partial charge in [0.15, 0.2) is 0 Å². The van der Waals surface area contributed by atoms with Gasteiger partial charge in [-0.2, -0.15) is 4.40 Å². The summed E-state index contributed by atoms with van der Waals surface area (Å²) in [5, 5.41) is 8.50. The summed E-state index contributed by atoms with van der Waals surface area (Å²) in [5.74, 6) is 0.347. The van der Waals surface area contributed by atoms with Crippen molar-refractivity contribution in [2.24, 2.45) is 20.4 Å². The van der Waals surface area contributed by atoms with Crippen LogP contribution in [-0.2, 0) is 10.0 Å². The number of amidine groups is 1. The summed E-state index contributed by atoms with van der Waals surface area (Å²) in [6.45, 7) is 9.46. The molecule has 0 unspecified atom stereocenters. The molecule has 0 heterocycles. The van der Waals surface area contributed by atoms with Crippen LogP contribution in [0.5, 0.6) is 0 Å². The molecule has 8 nitrogen and oxygen atoms in total. The first-order valence-corrected chi connectivity index (χ1v) is 11.9. The van der Waals surface area contributed by atoms with Gasteiger partial charge >= 0.3 is 0 Å². The van der Waals surface area contributed by atoms with E-state index in [9.17, 15) is 8.42 Å². The molecule has 10 heteroatoms. The third kappa shape index (κ3) is 7.20. The molecule has 0 spiro atoms. The van der Waals surface area contributed by atoms with Crippen molar-refractivity contribution in [1.82, 2.24) is 0 Å². The highest BCUT2D eigenvalue weighted by Gasteiger charge is 2.11. The van der Waals surface area contributed by atoms with Crippen LogP contribution in [0.4, 0.5) is 17.1 Å². The Morgan fingerprint density at radius 3 is 2.43 bits per heavy atom. The lowest BCUT2D eigenvalue weighted by molar-refractivity contribution is 0.607. The van der Waals surface area contributed by atoms with Crippen molar-refractivity contribution in [2.45, 2.75) is 13.8 Å². The molecule has 0 bridgehead atoms. The molecule has 0 radical (unpaired) electrons. The van der Waals surface area contributed by atoms with Crippen molar-refractivity contribution in [3.8, 4) is 0 Å². The number of nitrogens with two attached hydrogens (primary N) is 1. The lowest BCUT2D eigenvalue weighted by atomic mass is 10.2. The van der Waals surface area contributed by atoms with Gasteiger partial charge in [0.1, 0.15) is 16.6 Å². The van der Waals surface area contributed by atoms with E-state index >= 15 is 0 Å². The zero-order chi connectivity index (χ0) is 22.1. The van der Waals surface area contributed by atoms with Crippen molar-refractivity contribution >= 4 is 44.9 Å². The molecule has 0 fully saturated rings. The maximum Gasteiger partial charge on any atom is 0.229 e. The average Bonchev–Trinajstić information content (AvgIpc) is 2.71. The van der Waals surface area contributed by atoms with E-state index in [1.165, 1.54) is 0 Å². The maximum atomic E-state index is 11.8. The van der Waals surface area contributed by atoms with Gasteiger partial charge in [-0.3, -0.25) is 4.72 Å². The Balaban J connectivity index is 2.20. The van der Waals surface area contributed by atoms with Crippen LogP contribution in [0.3, 0.4) is 0 Å².